The summed E-state index contributed by atoms with van der Waals surface area (Å²) < 4.78 is 6.93. The maximum absolute atomic E-state index is 11.6. The number of carboxylic acid groups (broad SMARTS) is 4. The van der Waals surface area contributed by atoms with E-state index in [2.05, 4.69) is 15.9 Å². The average Bonchev–Trinajstić information content (AvgIpc) is 3.12. The largest absolute Gasteiger partial charge is 0.480 e. The van der Waals surface area contributed by atoms with Crippen molar-refractivity contribution in [3.05, 3.63) is 58.7 Å². The summed E-state index contributed by atoms with van der Waals surface area (Å²) in [4.78, 5) is 50.6. The smallest absolute Gasteiger partial charge is 0.317 e. The molecule has 2 aliphatic rings. The minimum Gasteiger partial charge on any atom is -0.480 e. The molecule has 6 N–H and O–H groups in total. The Bertz CT molecular complexity index is 1530. The Morgan fingerprint density at radius 2 is 1.46 bits per heavy atom. The predicted octanol–water partition coefficient (Wildman–Crippen LogP) is 2.51. The van der Waals surface area contributed by atoms with Crippen LogP contribution in [-0.2, 0) is 36.5 Å². The van der Waals surface area contributed by atoms with Crippen LogP contribution in [0.25, 0.3) is 6.08 Å². The van der Waals surface area contributed by atoms with Crippen LogP contribution in [0.3, 0.4) is 0 Å². The highest BCUT2D eigenvalue weighted by atomic mass is 79.9. The number of ether oxygens (including phenoxy) is 1. The molecular weight excluding hydrogens is 672 g/mol. The van der Waals surface area contributed by atoms with Gasteiger partial charge in [-0.1, -0.05) is 28.1 Å². The molecule has 0 radical (unpaired) electrons. The maximum atomic E-state index is 11.6. The van der Waals surface area contributed by atoms with E-state index in [9.17, 15) is 50.0 Å². The number of alkyl halides is 1. The summed E-state index contributed by atoms with van der Waals surface area (Å²) in [5.41, 5.74) is 1.17. The fourth-order valence-electron chi connectivity index (χ4n) is 6.31. The van der Waals surface area contributed by atoms with Crippen molar-refractivity contribution in [2.75, 3.05) is 49.4 Å². The van der Waals surface area contributed by atoms with Gasteiger partial charge < -0.3 is 30.1 Å². The summed E-state index contributed by atoms with van der Waals surface area (Å²) in [5, 5.41) is 57.8. The maximum Gasteiger partial charge on any atom is 0.317 e. The minimum atomic E-state index is -1.29. The summed E-state index contributed by atoms with van der Waals surface area (Å²) in [6.45, 7) is 1.65. The van der Waals surface area contributed by atoms with Gasteiger partial charge in [0.2, 0.25) is 5.72 Å². The van der Waals surface area contributed by atoms with E-state index in [4.69, 9.17) is 4.74 Å². The molecule has 0 saturated heterocycles. The predicted molar refractivity (Wildman–Crippen MR) is 167 cm³/mol. The normalized spacial score (nSPS) is 17.6. The Morgan fingerprint density at radius 1 is 0.870 bits per heavy atom. The summed E-state index contributed by atoms with van der Waals surface area (Å²) in [6.07, 6.45) is 3.51. The number of hydrogen-bond acceptors (Lipinski definition) is 11. The van der Waals surface area contributed by atoms with Gasteiger partial charge in [-0.15, -0.1) is 5.23 Å². The van der Waals surface area contributed by atoms with Gasteiger partial charge in [-0.25, -0.2) is 0 Å². The first kappa shape index (κ1) is 34.6. The highest BCUT2D eigenvalue weighted by Gasteiger charge is 2.59. The third-order valence-electron chi connectivity index (χ3n) is 8.11. The van der Waals surface area contributed by atoms with Crippen LogP contribution in [0.2, 0.25) is 0 Å². The number of rotatable bonds is 15. The molecule has 46 heavy (non-hydrogen) atoms. The molecule has 0 bridgehead atoms. The Labute approximate surface area is 272 Å². The molecule has 0 aliphatic carbocycles. The summed E-state index contributed by atoms with van der Waals surface area (Å²) in [6, 6.07) is 8.51. The van der Waals surface area contributed by atoms with Gasteiger partial charge in [0.25, 0.3) is 0 Å². The van der Waals surface area contributed by atoms with Crippen LogP contribution in [0.4, 0.5) is 11.4 Å². The summed E-state index contributed by atoms with van der Waals surface area (Å²) in [7, 11) is 0. The second-order valence-corrected chi connectivity index (χ2v) is 12.2. The minimum absolute atomic E-state index is 0.0409. The van der Waals surface area contributed by atoms with Crippen LogP contribution in [0.1, 0.15) is 36.1 Å². The average molecular weight is 708 g/mol. The molecular formula is C30H35BrN4O11. The molecule has 2 aromatic rings. The van der Waals surface area contributed by atoms with Crippen LogP contribution < -0.4 is 14.9 Å². The number of aliphatic carboxylic acids is 4. The molecule has 0 fully saturated rings. The molecule has 2 heterocycles. The van der Waals surface area contributed by atoms with Crippen molar-refractivity contribution in [3.8, 4) is 5.75 Å². The third-order valence-corrected chi connectivity index (χ3v) is 8.72. The zero-order valence-corrected chi connectivity index (χ0v) is 26.7. The number of halogens is 1. The number of fused-ring (bicyclic) bond motifs is 2. The monoisotopic (exact) mass is 706 g/mol. The number of benzene rings is 2. The lowest BCUT2D eigenvalue weighted by Crippen LogP contribution is -2.61. The standard InChI is InChI=1S/C30H35BrN4O11/c1-29(2)27-19(12-31)4-3-5-22(27)34(9-8-32(14-23(36)37)15-24(38)39)30(29)7-6-18-10-21(35(44)45)11-20(28(18)46-30)13-33(16-25(40)41)17-26(42)43/h3-7,10-11,44-45H,8-9,12-17H2,1-2H3,(H,36,37)(H,38,39)(H,40,41)(H,42,43). The Balaban J connectivity index is 1.86. The van der Waals surface area contributed by atoms with Crippen molar-refractivity contribution in [3.63, 3.8) is 0 Å². The van der Waals surface area contributed by atoms with Gasteiger partial charge in [0, 0.05) is 41.8 Å². The molecule has 0 amide bonds. The van der Waals surface area contributed by atoms with Gasteiger partial charge in [0.05, 0.1) is 37.3 Å². The number of carboxylic acids is 4. The number of nitrogens with zero attached hydrogens (tertiary/aromatic N) is 4. The van der Waals surface area contributed by atoms with Crippen LogP contribution in [0.5, 0.6) is 5.75 Å². The van der Waals surface area contributed by atoms with E-state index in [1.165, 1.54) is 17.0 Å². The van der Waals surface area contributed by atoms with Gasteiger partial charge in [-0.2, -0.15) is 0 Å². The Morgan fingerprint density at radius 3 is 2.00 bits per heavy atom. The fraction of sp³-hybridized carbons (Fsp3) is 0.400. The Kier molecular flexibility index (Phi) is 10.3. The number of carbonyl (C=O) groups is 4. The number of anilines is 2. The lowest BCUT2D eigenvalue weighted by atomic mass is 9.74. The molecule has 1 atom stereocenters. The topological polar surface area (TPSA) is 212 Å². The molecule has 1 unspecified atom stereocenters. The SMILES string of the molecule is CC1(C)c2c(CBr)cccc2N(CCN(CC(=O)O)CC(=O)O)C12C=Cc1cc(N(O)O)cc(CN(CC(=O)O)CC(=O)O)c1O2. The van der Waals surface area contributed by atoms with E-state index in [1.54, 1.807) is 12.2 Å². The van der Waals surface area contributed by atoms with E-state index >= 15 is 0 Å². The van der Waals surface area contributed by atoms with Crippen LogP contribution in [0, 0.1) is 0 Å². The molecule has 2 aliphatic heterocycles. The van der Waals surface area contributed by atoms with E-state index < -0.39 is 61.2 Å². The molecule has 4 rings (SSSR count). The first-order chi connectivity index (χ1) is 21.6. The molecule has 2 aromatic carbocycles. The quantitative estimate of drug-likeness (QED) is 0.116. The van der Waals surface area contributed by atoms with Crippen molar-refractivity contribution >= 4 is 57.3 Å². The van der Waals surface area contributed by atoms with Gasteiger partial charge >= 0.3 is 23.9 Å². The molecule has 248 valence electrons. The van der Waals surface area contributed by atoms with E-state index in [-0.39, 0.29) is 41.9 Å². The van der Waals surface area contributed by atoms with Gasteiger partial charge in [-0.3, -0.25) is 39.4 Å². The molecule has 15 nitrogen and oxygen atoms in total. The van der Waals surface area contributed by atoms with Gasteiger partial charge in [0.1, 0.15) is 5.75 Å². The van der Waals surface area contributed by atoms with E-state index in [0.717, 1.165) is 21.7 Å². The lowest BCUT2D eigenvalue weighted by Gasteiger charge is -2.48. The highest BCUT2D eigenvalue weighted by molar-refractivity contribution is 9.08. The second kappa shape index (κ2) is 13.6. The highest BCUT2D eigenvalue weighted by Crippen LogP contribution is 2.56. The zero-order valence-electron chi connectivity index (χ0n) is 25.1. The molecule has 1 spiro atoms. The first-order valence-electron chi connectivity index (χ1n) is 14.1. The molecule has 16 heteroatoms. The van der Waals surface area contributed by atoms with E-state index in [1.807, 2.05) is 36.9 Å². The molecule has 0 aromatic heterocycles. The first-order valence-corrected chi connectivity index (χ1v) is 15.2. The van der Waals surface area contributed by atoms with Gasteiger partial charge in [0.15, 0.2) is 0 Å². The van der Waals surface area contributed by atoms with Crippen LogP contribution >= 0.6 is 15.9 Å². The van der Waals surface area contributed by atoms with E-state index in [0.29, 0.717) is 10.9 Å². The lowest BCUT2D eigenvalue weighted by molar-refractivity contribution is -0.143. The fourth-order valence-corrected chi connectivity index (χ4v) is 6.77. The van der Waals surface area contributed by atoms with Crippen molar-refractivity contribution in [2.45, 2.75) is 36.9 Å². The third kappa shape index (κ3) is 6.95. The van der Waals surface area contributed by atoms with Crippen molar-refractivity contribution in [1.29, 1.82) is 0 Å². The van der Waals surface area contributed by atoms with Crippen molar-refractivity contribution in [1.82, 2.24) is 9.80 Å². The number of hydrogen-bond donors (Lipinski definition) is 6. The Hall–Kier alpha value is -4.22. The van der Waals surface area contributed by atoms with Crippen LogP contribution in [-0.4, -0.2) is 110 Å². The van der Waals surface area contributed by atoms with Gasteiger partial charge in [-0.05, 0) is 55.3 Å². The van der Waals surface area contributed by atoms with Crippen molar-refractivity contribution in [2.24, 2.45) is 0 Å². The second-order valence-electron chi connectivity index (χ2n) is 11.6. The summed E-state index contributed by atoms with van der Waals surface area (Å²) in [5.74, 6) is -4.65. The molecule has 0 saturated carbocycles. The zero-order chi connectivity index (χ0) is 34.0. The van der Waals surface area contributed by atoms with Crippen LogP contribution in [0.15, 0.2) is 36.4 Å². The summed E-state index contributed by atoms with van der Waals surface area (Å²) >= 11 is 3.57. The van der Waals surface area contributed by atoms with Crippen molar-refractivity contribution < 1.29 is 54.8 Å².